The van der Waals surface area contributed by atoms with E-state index in [1.54, 1.807) is 0 Å². The first-order valence-electron chi connectivity index (χ1n) is 10.5. The molecule has 4 nitrogen and oxygen atoms in total. The van der Waals surface area contributed by atoms with E-state index in [1.807, 2.05) is 12.1 Å². The van der Waals surface area contributed by atoms with E-state index >= 15 is 0 Å². The number of amides is 1. The molecular formula is C22H34FN3O. The second-order valence-corrected chi connectivity index (χ2v) is 8.50. The fourth-order valence-corrected chi connectivity index (χ4v) is 4.26. The van der Waals surface area contributed by atoms with Crippen molar-refractivity contribution in [3.63, 3.8) is 0 Å². The molecule has 0 unspecified atom stereocenters. The lowest BCUT2D eigenvalue weighted by Gasteiger charge is -2.35. The van der Waals surface area contributed by atoms with Gasteiger partial charge in [0.05, 0.1) is 0 Å². The first-order chi connectivity index (χ1) is 13.0. The van der Waals surface area contributed by atoms with Gasteiger partial charge in [0.25, 0.3) is 0 Å². The SMILES string of the molecule is CC(C)N1CCC(CNC(=O)C2CCN(Cc3ccc(F)cc3)CC2)CC1. The van der Waals surface area contributed by atoms with Gasteiger partial charge in [-0.05, 0) is 89.3 Å². The number of carbonyl (C=O) groups is 1. The number of benzene rings is 1. The number of rotatable bonds is 6. The Labute approximate surface area is 163 Å². The van der Waals surface area contributed by atoms with E-state index in [-0.39, 0.29) is 17.6 Å². The fraction of sp³-hybridized carbons (Fsp3) is 0.682. The zero-order valence-electron chi connectivity index (χ0n) is 16.8. The molecule has 0 aromatic heterocycles. The monoisotopic (exact) mass is 375 g/mol. The lowest BCUT2D eigenvalue weighted by molar-refractivity contribution is -0.126. The summed E-state index contributed by atoms with van der Waals surface area (Å²) in [4.78, 5) is 17.4. The number of nitrogens with one attached hydrogen (secondary N) is 1. The Hall–Kier alpha value is -1.46. The summed E-state index contributed by atoms with van der Waals surface area (Å²) >= 11 is 0. The van der Waals surface area contributed by atoms with Crippen molar-refractivity contribution < 1.29 is 9.18 Å². The van der Waals surface area contributed by atoms with Crippen LogP contribution in [0.25, 0.3) is 0 Å². The third kappa shape index (κ3) is 6.01. The van der Waals surface area contributed by atoms with Crippen molar-refractivity contribution >= 4 is 5.91 Å². The molecule has 2 fully saturated rings. The van der Waals surface area contributed by atoms with Gasteiger partial charge in [0.15, 0.2) is 0 Å². The molecule has 0 aliphatic carbocycles. The van der Waals surface area contributed by atoms with Crippen molar-refractivity contribution in [1.29, 1.82) is 0 Å². The van der Waals surface area contributed by atoms with Gasteiger partial charge in [-0.3, -0.25) is 9.69 Å². The zero-order chi connectivity index (χ0) is 19.2. The van der Waals surface area contributed by atoms with Crippen molar-refractivity contribution in [3.05, 3.63) is 35.6 Å². The lowest BCUT2D eigenvalue weighted by atomic mass is 9.93. The molecule has 5 heteroatoms. The molecular weight excluding hydrogens is 341 g/mol. The molecule has 1 N–H and O–H groups in total. The van der Waals surface area contributed by atoms with Crippen LogP contribution >= 0.6 is 0 Å². The highest BCUT2D eigenvalue weighted by Crippen LogP contribution is 2.21. The number of hydrogen-bond donors (Lipinski definition) is 1. The molecule has 27 heavy (non-hydrogen) atoms. The molecule has 1 aromatic rings. The van der Waals surface area contributed by atoms with Gasteiger partial charge in [0.2, 0.25) is 5.91 Å². The molecule has 0 saturated carbocycles. The summed E-state index contributed by atoms with van der Waals surface area (Å²) in [6.07, 6.45) is 4.21. The maximum atomic E-state index is 13.0. The third-order valence-electron chi connectivity index (χ3n) is 6.22. The van der Waals surface area contributed by atoms with Gasteiger partial charge in [0.1, 0.15) is 5.82 Å². The van der Waals surface area contributed by atoms with E-state index in [4.69, 9.17) is 0 Å². The van der Waals surface area contributed by atoms with Gasteiger partial charge in [-0.2, -0.15) is 0 Å². The van der Waals surface area contributed by atoms with Crippen LogP contribution in [0.15, 0.2) is 24.3 Å². The van der Waals surface area contributed by atoms with Crippen LogP contribution in [0, 0.1) is 17.7 Å². The van der Waals surface area contributed by atoms with E-state index in [1.165, 1.54) is 25.0 Å². The average Bonchev–Trinajstić information content (AvgIpc) is 2.69. The maximum Gasteiger partial charge on any atom is 0.223 e. The number of hydrogen-bond acceptors (Lipinski definition) is 3. The molecule has 0 atom stereocenters. The summed E-state index contributed by atoms with van der Waals surface area (Å²) in [5.41, 5.74) is 1.13. The molecule has 2 heterocycles. The lowest BCUT2D eigenvalue weighted by Crippen LogP contribution is -2.44. The summed E-state index contributed by atoms with van der Waals surface area (Å²) in [6, 6.07) is 7.35. The van der Waals surface area contributed by atoms with E-state index in [0.717, 1.165) is 57.7 Å². The number of carbonyl (C=O) groups excluding carboxylic acids is 1. The summed E-state index contributed by atoms with van der Waals surface area (Å²) in [5, 5.41) is 3.22. The Morgan fingerprint density at radius 1 is 1.07 bits per heavy atom. The van der Waals surface area contributed by atoms with Gasteiger partial charge in [-0.25, -0.2) is 4.39 Å². The minimum Gasteiger partial charge on any atom is -0.356 e. The number of halogens is 1. The van der Waals surface area contributed by atoms with Crippen LogP contribution in [0.4, 0.5) is 4.39 Å². The minimum absolute atomic E-state index is 0.144. The molecule has 2 aliphatic rings. The van der Waals surface area contributed by atoms with Crippen LogP contribution in [0.2, 0.25) is 0 Å². The molecule has 1 amide bonds. The van der Waals surface area contributed by atoms with Gasteiger partial charge < -0.3 is 10.2 Å². The highest BCUT2D eigenvalue weighted by Gasteiger charge is 2.26. The zero-order valence-corrected chi connectivity index (χ0v) is 16.8. The standard InChI is InChI=1S/C22H34FN3O/c1-17(2)26-13-7-18(8-14-26)15-24-22(27)20-9-11-25(12-10-20)16-19-3-5-21(23)6-4-19/h3-6,17-18,20H,7-16H2,1-2H3,(H,24,27). The maximum absolute atomic E-state index is 13.0. The smallest absolute Gasteiger partial charge is 0.223 e. The Balaban J connectivity index is 1.34. The van der Waals surface area contributed by atoms with Gasteiger partial charge >= 0.3 is 0 Å². The first-order valence-corrected chi connectivity index (χ1v) is 10.5. The fourth-order valence-electron chi connectivity index (χ4n) is 4.26. The number of likely N-dealkylation sites (tertiary alicyclic amines) is 2. The topological polar surface area (TPSA) is 35.6 Å². The van der Waals surface area contributed by atoms with E-state index in [0.29, 0.717) is 12.0 Å². The second-order valence-electron chi connectivity index (χ2n) is 8.50. The van der Waals surface area contributed by atoms with Crippen molar-refractivity contribution in [2.75, 3.05) is 32.7 Å². The van der Waals surface area contributed by atoms with Crippen molar-refractivity contribution in [2.45, 2.75) is 52.1 Å². The Kier molecular flexibility index (Phi) is 7.25. The molecule has 0 bridgehead atoms. The summed E-state index contributed by atoms with van der Waals surface area (Å²) in [7, 11) is 0. The predicted molar refractivity (Wildman–Crippen MR) is 107 cm³/mol. The van der Waals surface area contributed by atoms with Gasteiger partial charge in [-0.1, -0.05) is 12.1 Å². The van der Waals surface area contributed by atoms with Crippen LogP contribution in [0.1, 0.15) is 45.1 Å². The van der Waals surface area contributed by atoms with Crippen LogP contribution < -0.4 is 5.32 Å². The van der Waals surface area contributed by atoms with Crippen LogP contribution in [-0.2, 0) is 11.3 Å². The third-order valence-corrected chi connectivity index (χ3v) is 6.22. The highest BCUT2D eigenvalue weighted by molar-refractivity contribution is 5.78. The predicted octanol–water partition coefficient (Wildman–Crippen LogP) is 3.27. The van der Waals surface area contributed by atoms with Crippen LogP contribution in [0.3, 0.4) is 0 Å². The Bertz CT molecular complexity index is 588. The largest absolute Gasteiger partial charge is 0.356 e. The van der Waals surface area contributed by atoms with Crippen LogP contribution in [-0.4, -0.2) is 54.5 Å². The molecule has 150 valence electrons. The molecule has 3 rings (SSSR count). The summed E-state index contributed by atoms with van der Waals surface area (Å²) in [6.45, 7) is 10.4. The normalized spacial score (nSPS) is 20.9. The minimum atomic E-state index is -0.191. The second kappa shape index (κ2) is 9.65. The number of nitrogens with zero attached hydrogens (tertiary/aromatic N) is 2. The first kappa shape index (κ1) is 20.3. The van der Waals surface area contributed by atoms with Crippen LogP contribution in [0.5, 0.6) is 0 Å². The molecule has 2 saturated heterocycles. The van der Waals surface area contributed by atoms with Crippen molar-refractivity contribution in [3.8, 4) is 0 Å². The Morgan fingerprint density at radius 2 is 1.70 bits per heavy atom. The van der Waals surface area contributed by atoms with Crippen molar-refractivity contribution in [2.24, 2.45) is 11.8 Å². The van der Waals surface area contributed by atoms with E-state index in [9.17, 15) is 9.18 Å². The quantitative estimate of drug-likeness (QED) is 0.829. The van der Waals surface area contributed by atoms with Gasteiger partial charge in [-0.15, -0.1) is 0 Å². The summed E-state index contributed by atoms with van der Waals surface area (Å²) in [5.74, 6) is 0.819. The number of piperidine rings is 2. The Morgan fingerprint density at radius 3 is 2.30 bits per heavy atom. The molecule has 1 aromatic carbocycles. The highest BCUT2D eigenvalue weighted by atomic mass is 19.1. The molecule has 0 radical (unpaired) electrons. The molecule has 0 spiro atoms. The van der Waals surface area contributed by atoms with E-state index in [2.05, 4.69) is 29.0 Å². The molecule has 2 aliphatic heterocycles. The van der Waals surface area contributed by atoms with Crippen molar-refractivity contribution in [1.82, 2.24) is 15.1 Å². The van der Waals surface area contributed by atoms with E-state index < -0.39 is 0 Å². The summed E-state index contributed by atoms with van der Waals surface area (Å²) < 4.78 is 13.0. The average molecular weight is 376 g/mol. The van der Waals surface area contributed by atoms with Gasteiger partial charge in [0, 0.05) is 25.0 Å².